The SMILES string of the molecule is CCC1CCN(C(=O)c2cccc(C)c2O)C(CN)C1. The smallest absolute Gasteiger partial charge is 0.257 e. The lowest BCUT2D eigenvalue weighted by molar-refractivity contribution is 0.0555. The largest absolute Gasteiger partial charge is 0.507 e. The molecule has 2 unspecified atom stereocenters. The molecule has 1 amide bonds. The minimum atomic E-state index is -0.101. The van der Waals surface area contributed by atoms with Gasteiger partial charge in [-0.05, 0) is 37.3 Å². The molecule has 0 spiro atoms. The van der Waals surface area contributed by atoms with Crippen LogP contribution >= 0.6 is 0 Å². The van der Waals surface area contributed by atoms with Gasteiger partial charge in [-0.1, -0.05) is 25.5 Å². The Bertz CT molecular complexity index is 487. The second kappa shape index (κ2) is 6.27. The number of aryl methyl sites for hydroxylation is 1. The quantitative estimate of drug-likeness (QED) is 0.890. The molecule has 2 rings (SSSR count). The van der Waals surface area contributed by atoms with Gasteiger partial charge in [0.25, 0.3) is 5.91 Å². The number of hydrogen-bond acceptors (Lipinski definition) is 3. The van der Waals surface area contributed by atoms with Crippen molar-refractivity contribution in [2.24, 2.45) is 11.7 Å². The van der Waals surface area contributed by atoms with Crippen LogP contribution in [0.3, 0.4) is 0 Å². The number of piperidine rings is 1. The highest BCUT2D eigenvalue weighted by Crippen LogP contribution is 2.29. The summed E-state index contributed by atoms with van der Waals surface area (Å²) in [6.45, 7) is 5.19. The molecule has 1 aromatic rings. The maximum Gasteiger partial charge on any atom is 0.257 e. The van der Waals surface area contributed by atoms with Gasteiger partial charge in [0.05, 0.1) is 5.56 Å². The zero-order chi connectivity index (χ0) is 14.7. The number of likely N-dealkylation sites (tertiary alicyclic amines) is 1. The van der Waals surface area contributed by atoms with Gasteiger partial charge in [-0.3, -0.25) is 4.79 Å². The monoisotopic (exact) mass is 276 g/mol. The summed E-state index contributed by atoms with van der Waals surface area (Å²) in [4.78, 5) is 14.5. The van der Waals surface area contributed by atoms with Crippen molar-refractivity contribution in [3.63, 3.8) is 0 Å². The lowest BCUT2D eigenvalue weighted by atomic mass is 9.88. The average Bonchev–Trinajstić information content (AvgIpc) is 2.48. The molecule has 4 nitrogen and oxygen atoms in total. The van der Waals surface area contributed by atoms with Crippen molar-refractivity contribution in [2.45, 2.75) is 39.2 Å². The van der Waals surface area contributed by atoms with Gasteiger partial charge in [-0.2, -0.15) is 0 Å². The first-order valence-electron chi connectivity index (χ1n) is 7.38. The van der Waals surface area contributed by atoms with E-state index in [4.69, 9.17) is 5.73 Å². The lowest BCUT2D eigenvalue weighted by Crippen LogP contribution is -2.49. The Morgan fingerprint density at radius 3 is 2.90 bits per heavy atom. The topological polar surface area (TPSA) is 66.6 Å². The van der Waals surface area contributed by atoms with Gasteiger partial charge in [-0.15, -0.1) is 0 Å². The summed E-state index contributed by atoms with van der Waals surface area (Å²) in [6, 6.07) is 5.37. The fourth-order valence-electron chi connectivity index (χ4n) is 2.98. The van der Waals surface area contributed by atoms with E-state index in [-0.39, 0.29) is 17.7 Å². The van der Waals surface area contributed by atoms with Crippen molar-refractivity contribution in [3.05, 3.63) is 29.3 Å². The third kappa shape index (κ3) is 2.80. The molecule has 0 aliphatic carbocycles. The van der Waals surface area contributed by atoms with E-state index in [0.29, 0.717) is 18.0 Å². The van der Waals surface area contributed by atoms with Gasteiger partial charge in [0.2, 0.25) is 0 Å². The third-order valence-corrected chi connectivity index (χ3v) is 4.40. The zero-order valence-electron chi connectivity index (χ0n) is 12.3. The standard InChI is InChI=1S/C16H24N2O2/c1-3-12-7-8-18(13(9-12)10-17)16(20)14-6-4-5-11(2)15(14)19/h4-6,12-13,19H,3,7-10,17H2,1-2H3. The van der Waals surface area contributed by atoms with E-state index in [1.807, 2.05) is 4.90 Å². The minimum Gasteiger partial charge on any atom is -0.507 e. The van der Waals surface area contributed by atoms with Crippen LogP contribution < -0.4 is 5.73 Å². The Labute approximate surface area is 120 Å². The lowest BCUT2D eigenvalue weighted by Gasteiger charge is -2.39. The van der Waals surface area contributed by atoms with E-state index in [9.17, 15) is 9.90 Å². The fourth-order valence-corrected chi connectivity index (χ4v) is 2.98. The number of carbonyl (C=O) groups excluding carboxylic acids is 1. The fraction of sp³-hybridized carbons (Fsp3) is 0.562. The predicted octanol–water partition coefficient (Wildman–Crippen LogP) is 2.29. The molecule has 1 heterocycles. The first kappa shape index (κ1) is 14.9. The van der Waals surface area contributed by atoms with Crippen molar-refractivity contribution in [2.75, 3.05) is 13.1 Å². The van der Waals surface area contributed by atoms with Crippen molar-refractivity contribution in [1.82, 2.24) is 4.90 Å². The first-order valence-corrected chi connectivity index (χ1v) is 7.38. The van der Waals surface area contributed by atoms with Crippen LogP contribution in [-0.4, -0.2) is 35.0 Å². The van der Waals surface area contributed by atoms with E-state index >= 15 is 0 Å². The normalized spacial score (nSPS) is 22.9. The number of aromatic hydroxyl groups is 1. The van der Waals surface area contributed by atoms with Crippen LogP contribution in [0.15, 0.2) is 18.2 Å². The highest BCUT2D eigenvalue weighted by Gasteiger charge is 2.31. The number of benzene rings is 1. The summed E-state index contributed by atoms with van der Waals surface area (Å²) >= 11 is 0. The van der Waals surface area contributed by atoms with Gasteiger partial charge < -0.3 is 15.7 Å². The van der Waals surface area contributed by atoms with E-state index in [1.54, 1.807) is 25.1 Å². The molecular formula is C16H24N2O2. The Morgan fingerprint density at radius 1 is 1.50 bits per heavy atom. The molecule has 1 aliphatic heterocycles. The maximum absolute atomic E-state index is 12.6. The van der Waals surface area contributed by atoms with E-state index in [0.717, 1.165) is 31.4 Å². The molecule has 3 N–H and O–H groups in total. The summed E-state index contributed by atoms with van der Waals surface area (Å²) in [5.41, 5.74) is 6.95. The summed E-state index contributed by atoms with van der Waals surface area (Å²) < 4.78 is 0. The minimum absolute atomic E-state index is 0.0844. The Morgan fingerprint density at radius 2 is 2.25 bits per heavy atom. The number of rotatable bonds is 3. The summed E-state index contributed by atoms with van der Waals surface area (Å²) in [5.74, 6) is 0.640. The zero-order valence-corrected chi connectivity index (χ0v) is 12.3. The number of nitrogens with two attached hydrogens (primary N) is 1. The Hall–Kier alpha value is -1.55. The van der Waals surface area contributed by atoms with Crippen LogP contribution in [0.2, 0.25) is 0 Å². The molecule has 0 bridgehead atoms. The number of phenols is 1. The molecule has 0 saturated carbocycles. The first-order chi connectivity index (χ1) is 9.58. The summed E-state index contributed by atoms with van der Waals surface area (Å²) in [6.07, 6.45) is 3.12. The van der Waals surface area contributed by atoms with Crippen molar-refractivity contribution in [3.8, 4) is 5.75 Å². The number of nitrogens with zero attached hydrogens (tertiary/aromatic N) is 1. The second-order valence-electron chi connectivity index (χ2n) is 5.66. The number of hydrogen-bond donors (Lipinski definition) is 2. The van der Waals surface area contributed by atoms with Gasteiger partial charge in [0, 0.05) is 19.1 Å². The Kier molecular flexibility index (Phi) is 4.65. The highest BCUT2D eigenvalue weighted by atomic mass is 16.3. The molecule has 0 aromatic heterocycles. The molecule has 2 atom stereocenters. The van der Waals surface area contributed by atoms with Crippen molar-refractivity contribution < 1.29 is 9.90 Å². The molecule has 4 heteroatoms. The molecule has 1 aliphatic rings. The van der Waals surface area contributed by atoms with Gasteiger partial charge in [0.1, 0.15) is 5.75 Å². The van der Waals surface area contributed by atoms with Crippen LogP contribution in [0.25, 0.3) is 0 Å². The van der Waals surface area contributed by atoms with E-state index in [1.165, 1.54) is 0 Å². The maximum atomic E-state index is 12.6. The van der Waals surface area contributed by atoms with Gasteiger partial charge >= 0.3 is 0 Å². The van der Waals surface area contributed by atoms with Crippen molar-refractivity contribution >= 4 is 5.91 Å². The molecule has 1 fully saturated rings. The molecule has 20 heavy (non-hydrogen) atoms. The summed E-state index contributed by atoms with van der Waals surface area (Å²) in [5, 5.41) is 10.1. The molecule has 110 valence electrons. The second-order valence-corrected chi connectivity index (χ2v) is 5.66. The summed E-state index contributed by atoms with van der Waals surface area (Å²) in [7, 11) is 0. The van der Waals surface area contributed by atoms with Crippen LogP contribution in [-0.2, 0) is 0 Å². The van der Waals surface area contributed by atoms with Crippen LogP contribution in [0.4, 0.5) is 0 Å². The Balaban J connectivity index is 2.22. The van der Waals surface area contributed by atoms with Crippen molar-refractivity contribution in [1.29, 1.82) is 0 Å². The highest BCUT2D eigenvalue weighted by molar-refractivity contribution is 5.97. The number of amides is 1. The average molecular weight is 276 g/mol. The molecule has 1 saturated heterocycles. The molecule has 1 aromatic carbocycles. The molecular weight excluding hydrogens is 252 g/mol. The number of para-hydroxylation sites is 1. The molecule has 0 radical (unpaired) electrons. The van der Waals surface area contributed by atoms with Crippen LogP contribution in [0.5, 0.6) is 5.75 Å². The predicted molar refractivity (Wildman–Crippen MR) is 79.7 cm³/mol. The number of carbonyl (C=O) groups is 1. The van der Waals surface area contributed by atoms with E-state index in [2.05, 4.69) is 6.92 Å². The third-order valence-electron chi connectivity index (χ3n) is 4.40. The van der Waals surface area contributed by atoms with Crippen LogP contribution in [0, 0.1) is 12.8 Å². The van der Waals surface area contributed by atoms with Crippen LogP contribution in [0.1, 0.15) is 42.1 Å². The van der Waals surface area contributed by atoms with Gasteiger partial charge in [-0.25, -0.2) is 0 Å². The number of phenolic OH excluding ortho intramolecular Hbond substituents is 1. The van der Waals surface area contributed by atoms with Gasteiger partial charge in [0.15, 0.2) is 0 Å². The van der Waals surface area contributed by atoms with E-state index < -0.39 is 0 Å².